The lowest BCUT2D eigenvalue weighted by molar-refractivity contribution is -0.149. The minimum Gasteiger partial charge on any atom is -0.465 e. The van der Waals surface area contributed by atoms with Crippen LogP contribution < -0.4 is 0 Å². The monoisotopic (exact) mass is 741 g/mol. The Morgan fingerprint density at radius 2 is 0.731 bits per heavy atom. The SMILES string of the molecule is CCCCCCCCCC(CCCCC)COC(=O)CCOCC(COCCCC)OCCC(=O)OCC(CCCCCC)CCCCCCCC. The van der Waals surface area contributed by atoms with Gasteiger partial charge in [0.1, 0.15) is 6.10 Å². The van der Waals surface area contributed by atoms with Crippen LogP contribution >= 0.6 is 0 Å². The highest BCUT2D eigenvalue weighted by atomic mass is 16.6. The molecule has 0 radical (unpaired) electrons. The molecule has 310 valence electrons. The molecule has 3 unspecified atom stereocenters. The molecule has 0 aliphatic rings. The Labute approximate surface area is 323 Å². The van der Waals surface area contributed by atoms with Crippen molar-refractivity contribution in [2.75, 3.05) is 46.2 Å². The highest BCUT2D eigenvalue weighted by molar-refractivity contribution is 5.69. The van der Waals surface area contributed by atoms with E-state index in [0.29, 0.717) is 44.9 Å². The van der Waals surface area contributed by atoms with Crippen LogP contribution in [0.25, 0.3) is 0 Å². The van der Waals surface area contributed by atoms with Crippen LogP contribution in [0.2, 0.25) is 0 Å². The summed E-state index contributed by atoms with van der Waals surface area (Å²) in [5.74, 6) is 0.508. The standard InChI is InChI=1S/C45H88O7/c1-6-11-16-19-21-23-27-30-41(28-24-14-9-4)37-51-44(46)32-35-49-40-43(39-48-34-15-10-5)50-36-33-45(47)52-38-42(29-25-18-13-8-3)31-26-22-20-17-12-7-2/h41-43H,6-40H2,1-5H3. The molecule has 0 saturated carbocycles. The van der Waals surface area contributed by atoms with E-state index in [1.165, 1.54) is 128 Å². The second kappa shape index (κ2) is 41.0. The van der Waals surface area contributed by atoms with Gasteiger partial charge < -0.3 is 23.7 Å². The fourth-order valence-electron chi connectivity index (χ4n) is 6.62. The predicted molar refractivity (Wildman–Crippen MR) is 218 cm³/mol. The lowest BCUT2D eigenvalue weighted by Crippen LogP contribution is -2.28. The van der Waals surface area contributed by atoms with E-state index in [4.69, 9.17) is 23.7 Å². The number of esters is 2. The molecule has 0 rings (SSSR count). The fourth-order valence-corrected chi connectivity index (χ4v) is 6.62. The zero-order valence-corrected chi connectivity index (χ0v) is 35.3. The first-order valence-corrected chi connectivity index (χ1v) is 22.6. The molecule has 0 saturated heterocycles. The Morgan fingerprint density at radius 1 is 0.385 bits per heavy atom. The zero-order chi connectivity index (χ0) is 38.2. The van der Waals surface area contributed by atoms with Crippen LogP contribution in [0.15, 0.2) is 0 Å². The average Bonchev–Trinajstić information content (AvgIpc) is 3.14. The molecule has 0 bridgehead atoms. The average molecular weight is 741 g/mol. The molecular weight excluding hydrogens is 652 g/mol. The summed E-state index contributed by atoms with van der Waals surface area (Å²) in [6.07, 6.45) is 32.3. The lowest BCUT2D eigenvalue weighted by atomic mass is 9.95. The van der Waals surface area contributed by atoms with Crippen LogP contribution in [-0.2, 0) is 33.3 Å². The number of carbonyl (C=O) groups is 2. The highest BCUT2D eigenvalue weighted by Crippen LogP contribution is 2.21. The van der Waals surface area contributed by atoms with Crippen molar-refractivity contribution in [2.24, 2.45) is 11.8 Å². The summed E-state index contributed by atoms with van der Waals surface area (Å²) < 4.78 is 29.2. The van der Waals surface area contributed by atoms with E-state index in [1.54, 1.807) is 0 Å². The molecule has 0 aromatic carbocycles. The van der Waals surface area contributed by atoms with Gasteiger partial charge in [0.25, 0.3) is 0 Å². The summed E-state index contributed by atoms with van der Waals surface area (Å²) in [6, 6.07) is 0. The Kier molecular flexibility index (Phi) is 40.1. The number of unbranched alkanes of at least 4 members (excludes halogenated alkanes) is 17. The smallest absolute Gasteiger partial charge is 0.308 e. The van der Waals surface area contributed by atoms with E-state index in [9.17, 15) is 9.59 Å². The number of ether oxygens (including phenoxy) is 5. The van der Waals surface area contributed by atoms with Crippen LogP contribution in [0.4, 0.5) is 0 Å². The molecule has 0 spiro atoms. The van der Waals surface area contributed by atoms with E-state index in [2.05, 4.69) is 34.6 Å². The van der Waals surface area contributed by atoms with Gasteiger partial charge in [0.05, 0.1) is 52.5 Å². The number of hydrogen-bond donors (Lipinski definition) is 0. The Hall–Kier alpha value is -1.18. The molecule has 0 aliphatic carbocycles. The van der Waals surface area contributed by atoms with Gasteiger partial charge in [-0.3, -0.25) is 9.59 Å². The molecule has 3 atom stereocenters. The topological polar surface area (TPSA) is 80.3 Å². The Balaban J connectivity index is 4.58. The predicted octanol–water partition coefficient (Wildman–Crippen LogP) is 12.7. The van der Waals surface area contributed by atoms with Crippen molar-refractivity contribution < 1.29 is 33.3 Å². The summed E-state index contributed by atoms with van der Waals surface area (Å²) in [7, 11) is 0. The third-order valence-electron chi connectivity index (χ3n) is 10.2. The van der Waals surface area contributed by atoms with Gasteiger partial charge in [-0.25, -0.2) is 0 Å². The summed E-state index contributed by atoms with van der Waals surface area (Å²) in [6.45, 7) is 14.1. The lowest BCUT2D eigenvalue weighted by Gasteiger charge is -2.19. The first-order chi connectivity index (χ1) is 25.5. The van der Waals surface area contributed by atoms with Crippen molar-refractivity contribution in [3.05, 3.63) is 0 Å². The maximum absolute atomic E-state index is 12.7. The molecule has 0 heterocycles. The quantitative estimate of drug-likeness (QED) is 0.0455. The van der Waals surface area contributed by atoms with Crippen molar-refractivity contribution in [2.45, 2.75) is 221 Å². The van der Waals surface area contributed by atoms with Gasteiger partial charge in [0.2, 0.25) is 0 Å². The van der Waals surface area contributed by atoms with Gasteiger partial charge in [0, 0.05) is 6.61 Å². The van der Waals surface area contributed by atoms with E-state index in [1.807, 2.05) is 0 Å². The molecule has 7 heteroatoms. The van der Waals surface area contributed by atoms with Crippen molar-refractivity contribution in [3.8, 4) is 0 Å². The highest BCUT2D eigenvalue weighted by Gasteiger charge is 2.16. The van der Waals surface area contributed by atoms with Gasteiger partial charge in [-0.2, -0.15) is 0 Å². The minimum absolute atomic E-state index is 0.195. The van der Waals surface area contributed by atoms with Crippen LogP contribution in [0, 0.1) is 11.8 Å². The first-order valence-electron chi connectivity index (χ1n) is 22.6. The van der Waals surface area contributed by atoms with E-state index in [-0.39, 0.29) is 44.1 Å². The maximum Gasteiger partial charge on any atom is 0.308 e. The molecule has 0 aromatic heterocycles. The van der Waals surface area contributed by atoms with Gasteiger partial charge in [-0.05, 0) is 43.9 Å². The Bertz CT molecular complexity index is 745. The van der Waals surface area contributed by atoms with Gasteiger partial charge in [0.15, 0.2) is 0 Å². The second-order valence-corrected chi connectivity index (χ2v) is 15.4. The molecule has 0 aliphatic heterocycles. The van der Waals surface area contributed by atoms with Crippen molar-refractivity contribution in [1.29, 1.82) is 0 Å². The van der Waals surface area contributed by atoms with Crippen LogP contribution in [0.5, 0.6) is 0 Å². The Morgan fingerprint density at radius 3 is 1.19 bits per heavy atom. The second-order valence-electron chi connectivity index (χ2n) is 15.4. The van der Waals surface area contributed by atoms with Crippen LogP contribution in [0.3, 0.4) is 0 Å². The molecule has 0 fully saturated rings. The van der Waals surface area contributed by atoms with E-state index >= 15 is 0 Å². The minimum atomic E-state index is -0.301. The zero-order valence-electron chi connectivity index (χ0n) is 35.3. The van der Waals surface area contributed by atoms with Crippen molar-refractivity contribution in [3.63, 3.8) is 0 Å². The summed E-state index contributed by atoms with van der Waals surface area (Å²) >= 11 is 0. The molecule has 7 nitrogen and oxygen atoms in total. The van der Waals surface area contributed by atoms with Gasteiger partial charge >= 0.3 is 11.9 Å². The van der Waals surface area contributed by atoms with Crippen molar-refractivity contribution in [1.82, 2.24) is 0 Å². The van der Waals surface area contributed by atoms with E-state index in [0.717, 1.165) is 38.5 Å². The third kappa shape index (κ3) is 35.8. The normalized spacial score (nSPS) is 13.2. The summed E-state index contributed by atoms with van der Waals surface area (Å²) in [5, 5.41) is 0. The van der Waals surface area contributed by atoms with Gasteiger partial charge in [-0.1, -0.05) is 169 Å². The van der Waals surface area contributed by atoms with E-state index < -0.39 is 0 Å². The summed E-state index contributed by atoms with van der Waals surface area (Å²) in [5.41, 5.74) is 0. The van der Waals surface area contributed by atoms with Crippen molar-refractivity contribution >= 4 is 11.9 Å². The van der Waals surface area contributed by atoms with Gasteiger partial charge in [-0.15, -0.1) is 0 Å². The van der Waals surface area contributed by atoms with Crippen LogP contribution in [0.1, 0.15) is 214 Å². The fraction of sp³-hybridized carbons (Fsp3) is 0.956. The summed E-state index contributed by atoms with van der Waals surface area (Å²) in [4.78, 5) is 25.3. The molecule has 0 amide bonds. The molecule has 52 heavy (non-hydrogen) atoms. The third-order valence-corrected chi connectivity index (χ3v) is 10.2. The number of rotatable bonds is 42. The van der Waals surface area contributed by atoms with Crippen LogP contribution in [-0.4, -0.2) is 64.3 Å². The molecule has 0 aromatic rings. The molecule has 0 N–H and O–H groups in total. The number of hydrogen-bond acceptors (Lipinski definition) is 7. The molecular formula is C45H88O7. The largest absolute Gasteiger partial charge is 0.465 e. The first kappa shape index (κ1) is 50.8. The number of carbonyl (C=O) groups excluding carboxylic acids is 2. The maximum atomic E-state index is 12.7.